The minimum Gasteiger partial charge on any atom is -0.378 e. The highest BCUT2D eigenvalue weighted by Crippen LogP contribution is 2.21. The van der Waals surface area contributed by atoms with Crippen LogP contribution in [0.5, 0.6) is 0 Å². The number of amides is 2. The summed E-state index contributed by atoms with van der Waals surface area (Å²) in [5, 5.41) is 3.57. The molecular weight excluding hydrogens is 392 g/mol. The van der Waals surface area contributed by atoms with Gasteiger partial charge in [-0.2, -0.15) is 4.98 Å². The van der Waals surface area contributed by atoms with Gasteiger partial charge >= 0.3 is 6.03 Å². The number of halogens is 1. The van der Waals surface area contributed by atoms with Crippen molar-refractivity contribution >= 4 is 35.1 Å². The van der Waals surface area contributed by atoms with Crippen molar-refractivity contribution in [2.75, 3.05) is 67.6 Å². The third-order valence-electron chi connectivity index (χ3n) is 5.24. The Morgan fingerprint density at radius 1 is 1.07 bits per heavy atom. The van der Waals surface area contributed by atoms with E-state index in [1.807, 2.05) is 30.0 Å². The summed E-state index contributed by atoms with van der Waals surface area (Å²) in [5.74, 6) is 1.63. The number of nitrogens with one attached hydrogen (secondary N) is 1. The van der Waals surface area contributed by atoms with E-state index in [-0.39, 0.29) is 6.03 Å². The van der Waals surface area contributed by atoms with Gasteiger partial charge in [0.2, 0.25) is 5.95 Å². The molecule has 0 spiro atoms. The molecule has 2 aliphatic rings. The van der Waals surface area contributed by atoms with Gasteiger partial charge in [0.1, 0.15) is 5.82 Å². The Morgan fingerprint density at radius 2 is 1.83 bits per heavy atom. The summed E-state index contributed by atoms with van der Waals surface area (Å²) in [4.78, 5) is 27.9. The van der Waals surface area contributed by atoms with Crippen molar-refractivity contribution in [3.8, 4) is 0 Å². The molecule has 1 N–H and O–H groups in total. The number of rotatable bonds is 3. The van der Waals surface area contributed by atoms with E-state index in [4.69, 9.17) is 21.3 Å². The van der Waals surface area contributed by atoms with E-state index in [1.165, 1.54) is 0 Å². The fourth-order valence-electron chi connectivity index (χ4n) is 3.44. The van der Waals surface area contributed by atoms with Crippen LogP contribution in [0, 0.1) is 6.92 Å². The van der Waals surface area contributed by atoms with Crippen LogP contribution < -0.4 is 15.1 Å². The Kier molecular flexibility index (Phi) is 6.01. The second kappa shape index (κ2) is 8.84. The number of piperazine rings is 1. The van der Waals surface area contributed by atoms with Gasteiger partial charge < -0.3 is 24.8 Å². The molecule has 0 aliphatic carbocycles. The zero-order valence-electron chi connectivity index (χ0n) is 16.5. The largest absolute Gasteiger partial charge is 0.378 e. The molecule has 0 radical (unpaired) electrons. The zero-order valence-corrected chi connectivity index (χ0v) is 17.2. The Hall–Kier alpha value is -2.58. The summed E-state index contributed by atoms with van der Waals surface area (Å²) in [6, 6.07) is 7.36. The van der Waals surface area contributed by atoms with Crippen molar-refractivity contribution in [3.63, 3.8) is 0 Å². The Bertz CT molecular complexity index is 866. The minimum atomic E-state index is -0.110. The van der Waals surface area contributed by atoms with E-state index < -0.39 is 0 Å². The maximum atomic E-state index is 12.6. The van der Waals surface area contributed by atoms with Crippen LogP contribution in [0.25, 0.3) is 0 Å². The SMILES string of the molecule is Cc1ccc(NC(=O)N2CCN(c3ccnc(N4CCOCC4)n3)CC2)cc1Cl. The lowest BCUT2D eigenvalue weighted by Gasteiger charge is -2.35. The van der Waals surface area contributed by atoms with E-state index in [0.29, 0.717) is 37.0 Å². The molecule has 2 aromatic rings. The van der Waals surface area contributed by atoms with Crippen LogP contribution in [0.3, 0.4) is 0 Å². The van der Waals surface area contributed by atoms with E-state index >= 15 is 0 Å². The van der Waals surface area contributed by atoms with Crippen molar-refractivity contribution in [2.45, 2.75) is 6.92 Å². The number of nitrogens with zero attached hydrogens (tertiary/aromatic N) is 5. The fourth-order valence-corrected chi connectivity index (χ4v) is 3.62. The van der Waals surface area contributed by atoms with Gasteiger partial charge in [-0.25, -0.2) is 9.78 Å². The van der Waals surface area contributed by atoms with Crippen molar-refractivity contribution < 1.29 is 9.53 Å². The summed E-state index contributed by atoms with van der Waals surface area (Å²) >= 11 is 6.14. The zero-order chi connectivity index (χ0) is 20.2. The highest BCUT2D eigenvalue weighted by atomic mass is 35.5. The molecule has 154 valence electrons. The summed E-state index contributed by atoms with van der Waals surface area (Å²) in [6.45, 7) is 7.65. The molecule has 4 rings (SSSR count). The van der Waals surface area contributed by atoms with Gasteiger partial charge in [0.05, 0.1) is 13.2 Å². The first kappa shape index (κ1) is 19.7. The van der Waals surface area contributed by atoms with Gasteiger partial charge in [-0.3, -0.25) is 0 Å². The number of carbonyl (C=O) groups excluding carboxylic acids is 1. The Morgan fingerprint density at radius 3 is 2.55 bits per heavy atom. The number of morpholine rings is 1. The van der Waals surface area contributed by atoms with Crippen molar-refractivity contribution in [1.82, 2.24) is 14.9 Å². The van der Waals surface area contributed by atoms with Gasteiger partial charge in [0.15, 0.2) is 0 Å². The normalized spacial score (nSPS) is 17.4. The predicted molar refractivity (Wildman–Crippen MR) is 114 cm³/mol. The average Bonchev–Trinajstić information content (AvgIpc) is 2.77. The van der Waals surface area contributed by atoms with Crippen LogP contribution in [0.1, 0.15) is 5.56 Å². The predicted octanol–water partition coefficient (Wildman–Crippen LogP) is 2.63. The topological polar surface area (TPSA) is 73.8 Å². The fraction of sp³-hybridized carbons (Fsp3) is 0.450. The third kappa shape index (κ3) is 4.71. The first-order valence-electron chi connectivity index (χ1n) is 9.83. The highest BCUT2D eigenvalue weighted by Gasteiger charge is 2.23. The first-order valence-corrected chi connectivity index (χ1v) is 10.2. The quantitative estimate of drug-likeness (QED) is 0.829. The molecule has 9 heteroatoms. The second-order valence-electron chi connectivity index (χ2n) is 7.18. The molecular formula is C20H25ClN6O2. The van der Waals surface area contributed by atoms with E-state index in [0.717, 1.165) is 43.5 Å². The van der Waals surface area contributed by atoms with Gasteiger partial charge in [-0.1, -0.05) is 17.7 Å². The monoisotopic (exact) mass is 416 g/mol. The smallest absolute Gasteiger partial charge is 0.321 e. The van der Waals surface area contributed by atoms with E-state index in [9.17, 15) is 4.79 Å². The number of anilines is 3. The van der Waals surface area contributed by atoms with Crippen LogP contribution in [-0.4, -0.2) is 73.4 Å². The molecule has 2 aliphatic heterocycles. The number of carbonyl (C=O) groups is 1. The summed E-state index contributed by atoms with van der Waals surface area (Å²) in [5.41, 5.74) is 1.69. The molecule has 2 fully saturated rings. The molecule has 0 unspecified atom stereocenters. The summed E-state index contributed by atoms with van der Waals surface area (Å²) in [6.07, 6.45) is 1.80. The molecule has 0 atom stereocenters. The summed E-state index contributed by atoms with van der Waals surface area (Å²) in [7, 11) is 0. The van der Waals surface area contributed by atoms with Crippen LogP contribution >= 0.6 is 11.6 Å². The number of benzene rings is 1. The average molecular weight is 417 g/mol. The lowest BCUT2D eigenvalue weighted by Crippen LogP contribution is -2.50. The number of aromatic nitrogens is 2. The van der Waals surface area contributed by atoms with Crippen molar-refractivity contribution in [1.29, 1.82) is 0 Å². The Labute approximate surface area is 175 Å². The maximum Gasteiger partial charge on any atom is 0.321 e. The third-order valence-corrected chi connectivity index (χ3v) is 5.64. The number of hydrogen-bond acceptors (Lipinski definition) is 6. The molecule has 3 heterocycles. The summed E-state index contributed by atoms with van der Waals surface area (Å²) < 4.78 is 5.40. The van der Waals surface area contributed by atoms with Crippen LogP contribution in [0.4, 0.5) is 22.2 Å². The molecule has 1 aromatic carbocycles. The van der Waals surface area contributed by atoms with Gasteiger partial charge in [-0.15, -0.1) is 0 Å². The molecule has 0 saturated carbocycles. The molecule has 29 heavy (non-hydrogen) atoms. The van der Waals surface area contributed by atoms with Crippen molar-refractivity contribution in [2.24, 2.45) is 0 Å². The minimum absolute atomic E-state index is 0.110. The number of ether oxygens (including phenoxy) is 1. The van der Waals surface area contributed by atoms with Crippen LogP contribution in [0.2, 0.25) is 5.02 Å². The maximum absolute atomic E-state index is 12.6. The Balaban J connectivity index is 1.34. The van der Waals surface area contributed by atoms with Gasteiger partial charge in [0, 0.05) is 56.2 Å². The highest BCUT2D eigenvalue weighted by molar-refractivity contribution is 6.31. The first-order chi connectivity index (χ1) is 14.1. The second-order valence-corrected chi connectivity index (χ2v) is 7.59. The molecule has 2 amide bonds. The number of urea groups is 1. The van der Waals surface area contributed by atoms with E-state index in [2.05, 4.69) is 20.1 Å². The number of hydrogen-bond donors (Lipinski definition) is 1. The van der Waals surface area contributed by atoms with Crippen LogP contribution in [-0.2, 0) is 4.74 Å². The van der Waals surface area contributed by atoms with E-state index in [1.54, 1.807) is 12.3 Å². The molecule has 8 nitrogen and oxygen atoms in total. The van der Waals surface area contributed by atoms with Crippen molar-refractivity contribution in [3.05, 3.63) is 41.0 Å². The van der Waals surface area contributed by atoms with Gasteiger partial charge in [-0.05, 0) is 30.7 Å². The molecule has 2 saturated heterocycles. The van der Waals surface area contributed by atoms with Gasteiger partial charge in [0.25, 0.3) is 0 Å². The lowest BCUT2D eigenvalue weighted by molar-refractivity contribution is 0.122. The number of aryl methyl sites for hydroxylation is 1. The lowest BCUT2D eigenvalue weighted by atomic mass is 10.2. The molecule has 1 aromatic heterocycles. The van der Waals surface area contributed by atoms with Crippen LogP contribution in [0.15, 0.2) is 30.5 Å². The molecule has 0 bridgehead atoms. The standard InChI is InChI=1S/C20H25ClN6O2/c1-15-2-3-16(14-17(15)21)23-20(28)27-8-6-25(7-9-27)18-4-5-22-19(24-18)26-10-12-29-13-11-26/h2-5,14H,6-13H2,1H3,(H,23,28).